The van der Waals surface area contributed by atoms with Gasteiger partial charge in [-0.1, -0.05) is 19.9 Å². The number of fused-ring (bicyclic) bond motifs is 1. The first-order valence-electron chi connectivity index (χ1n) is 8.61. The maximum absolute atomic E-state index is 13.9. The molecule has 2 heterocycles. The molecule has 2 aromatic heterocycles. The molecule has 4 nitrogen and oxygen atoms in total. The number of phenols is 1. The molecule has 1 unspecified atom stereocenters. The minimum Gasteiger partial charge on any atom is -0.508 e. The van der Waals surface area contributed by atoms with E-state index in [0.717, 1.165) is 12.1 Å². The van der Waals surface area contributed by atoms with Crippen LogP contribution in [0.1, 0.15) is 31.5 Å². The molecule has 0 saturated heterocycles. The minimum atomic E-state index is -4.92. The van der Waals surface area contributed by atoms with E-state index in [-0.39, 0.29) is 11.3 Å². The van der Waals surface area contributed by atoms with Gasteiger partial charge in [0.25, 0.3) is 0 Å². The fourth-order valence-electron chi connectivity index (χ4n) is 3.61. The van der Waals surface area contributed by atoms with Crippen LogP contribution in [-0.4, -0.2) is 32.0 Å². The highest BCUT2D eigenvalue weighted by Gasteiger charge is 2.56. The van der Waals surface area contributed by atoms with Crippen molar-refractivity contribution in [2.75, 3.05) is 0 Å². The van der Waals surface area contributed by atoms with Crippen LogP contribution in [0.15, 0.2) is 42.7 Å². The molecule has 0 spiro atoms. The monoisotopic (exact) mass is 396 g/mol. The van der Waals surface area contributed by atoms with Crippen LogP contribution >= 0.6 is 0 Å². The number of alkyl halides is 3. The number of aromatic nitrogens is 2. The summed E-state index contributed by atoms with van der Waals surface area (Å²) in [6.07, 6.45) is -3.33. The molecule has 28 heavy (non-hydrogen) atoms. The zero-order valence-electron chi connectivity index (χ0n) is 15.3. The average molecular weight is 396 g/mol. The third-order valence-electron chi connectivity index (χ3n) is 4.91. The normalized spacial score (nSPS) is 15.0. The summed E-state index contributed by atoms with van der Waals surface area (Å²) in [6.45, 7) is 2.93. The van der Waals surface area contributed by atoms with E-state index in [2.05, 4.69) is 9.97 Å². The summed E-state index contributed by atoms with van der Waals surface area (Å²) in [5.74, 6) is -1.15. The van der Waals surface area contributed by atoms with Gasteiger partial charge in [0, 0.05) is 29.8 Å². The molecule has 0 aliphatic carbocycles. The molecular weight excluding hydrogens is 376 g/mol. The zero-order chi connectivity index (χ0) is 20.7. The van der Waals surface area contributed by atoms with Crippen molar-refractivity contribution in [1.82, 2.24) is 9.97 Å². The van der Waals surface area contributed by atoms with Gasteiger partial charge < -0.3 is 15.2 Å². The summed E-state index contributed by atoms with van der Waals surface area (Å²) in [7, 11) is 0. The Labute approximate surface area is 158 Å². The second-order valence-corrected chi connectivity index (χ2v) is 7.69. The van der Waals surface area contributed by atoms with Gasteiger partial charge in [0.15, 0.2) is 5.60 Å². The number of nitrogens with zero attached hydrogens (tertiary/aromatic N) is 1. The quantitative estimate of drug-likeness (QED) is 0.552. The number of aromatic hydroxyl groups is 1. The maximum atomic E-state index is 13.9. The predicted octanol–water partition coefficient (Wildman–Crippen LogP) is 4.61. The minimum absolute atomic E-state index is 0.123. The molecular formula is C20H20F4N2O2. The molecule has 0 amide bonds. The van der Waals surface area contributed by atoms with Gasteiger partial charge in [0.2, 0.25) is 0 Å². The van der Waals surface area contributed by atoms with Crippen LogP contribution < -0.4 is 0 Å². The van der Waals surface area contributed by atoms with Crippen molar-refractivity contribution in [1.29, 1.82) is 0 Å². The van der Waals surface area contributed by atoms with Crippen LogP contribution in [0.4, 0.5) is 17.6 Å². The fourth-order valence-corrected chi connectivity index (χ4v) is 3.61. The lowest BCUT2D eigenvalue weighted by molar-refractivity contribution is -0.266. The van der Waals surface area contributed by atoms with Crippen molar-refractivity contribution in [2.24, 2.45) is 0 Å². The number of halogens is 4. The first-order chi connectivity index (χ1) is 12.9. The molecule has 8 heteroatoms. The Morgan fingerprint density at radius 3 is 2.43 bits per heavy atom. The van der Waals surface area contributed by atoms with Crippen molar-refractivity contribution >= 4 is 10.9 Å². The highest BCUT2D eigenvalue weighted by atomic mass is 19.4. The van der Waals surface area contributed by atoms with Crippen molar-refractivity contribution in [3.05, 3.63) is 59.8 Å². The van der Waals surface area contributed by atoms with E-state index < -0.39 is 41.6 Å². The van der Waals surface area contributed by atoms with Crippen LogP contribution in [0.2, 0.25) is 0 Å². The van der Waals surface area contributed by atoms with Crippen molar-refractivity contribution < 1.29 is 27.8 Å². The molecule has 0 aliphatic heterocycles. The van der Waals surface area contributed by atoms with Gasteiger partial charge in [-0.25, -0.2) is 4.39 Å². The first-order valence-corrected chi connectivity index (χ1v) is 8.61. The van der Waals surface area contributed by atoms with Crippen LogP contribution in [0.3, 0.4) is 0 Å². The number of aromatic amines is 1. The molecule has 0 saturated carbocycles. The molecule has 0 aliphatic rings. The van der Waals surface area contributed by atoms with Gasteiger partial charge in [0.05, 0.1) is 11.7 Å². The number of phenolic OH excluding ortho intramolecular Hbond substituents is 1. The van der Waals surface area contributed by atoms with E-state index in [4.69, 9.17) is 0 Å². The molecule has 3 aromatic rings. The Bertz CT molecular complexity index is 964. The summed E-state index contributed by atoms with van der Waals surface area (Å²) in [5.41, 5.74) is -3.45. The van der Waals surface area contributed by atoms with Crippen LogP contribution in [0, 0.1) is 5.82 Å². The van der Waals surface area contributed by atoms with Gasteiger partial charge in [0.1, 0.15) is 11.6 Å². The number of pyridine rings is 1. The molecule has 0 bridgehead atoms. The Balaban J connectivity index is 1.96. The van der Waals surface area contributed by atoms with Gasteiger partial charge in [-0.15, -0.1) is 0 Å². The molecule has 1 aromatic carbocycles. The van der Waals surface area contributed by atoms with Crippen molar-refractivity contribution in [2.45, 2.75) is 43.9 Å². The number of hydrogen-bond acceptors (Lipinski definition) is 3. The number of H-pyrrole nitrogens is 1. The van der Waals surface area contributed by atoms with E-state index in [1.54, 1.807) is 6.07 Å². The Kier molecular flexibility index (Phi) is 4.87. The predicted molar refractivity (Wildman–Crippen MR) is 96.5 cm³/mol. The SMILES string of the molecule is CC(C)(CC(O)(Cc1cc2ccncc2[nH]1)C(F)(F)F)c1ccc(F)cc1O. The third-order valence-corrected chi connectivity index (χ3v) is 4.91. The zero-order valence-corrected chi connectivity index (χ0v) is 15.3. The second kappa shape index (κ2) is 6.77. The lowest BCUT2D eigenvalue weighted by Crippen LogP contribution is -2.50. The van der Waals surface area contributed by atoms with Crippen LogP contribution in [-0.2, 0) is 11.8 Å². The van der Waals surface area contributed by atoms with E-state index >= 15 is 0 Å². The van der Waals surface area contributed by atoms with E-state index in [1.807, 2.05) is 0 Å². The number of aliphatic hydroxyl groups is 1. The highest BCUT2D eigenvalue weighted by Crippen LogP contribution is 2.44. The summed E-state index contributed by atoms with van der Waals surface area (Å²) < 4.78 is 54.8. The Hall–Kier alpha value is -2.61. The molecule has 0 fully saturated rings. The summed E-state index contributed by atoms with van der Waals surface area (Å²) >= 11 is 0. The molecule has 3 rings (SSSR count). The van der Waals surface area contributed by atoms with Gasteiger partial charge in [-0.3, -0.25) is 4.98 Å². The summed E-state index contributed by atoms with van der Waals surface area (Å²) in [5, 5.41) is 21.3. The van der Waals surface area contributed by atoms with Crippen molar-refractivity contribution in [3.63, 3.8) is 0 Å². The first kappa shape index (κ1) is 20.1. The van der Waals surface area contributed by atoms with Gasteiger partial charge in [-0.2, -0.15) is 13.2 Å². The smallest absolute Gasteiger partial charge is 0.417 e. The van der Waals surface area contributed by atoms with E-state index in [1.165, 1.54) is 38.4 Å². The molecule has 1 atom stereocenters. The van der Waals surface area contributed by atoms with Gasteiger partial charge >= 0.3 is 6.18 Å². The summed E-state index contributed by atoms with van der Waals surface area (Å²) in [4.78, 5) is 6.76. The van der Waals surface area contributed by atoms with Gasteiger partial charge in [-0.05, 0) is 35.6 Å². The lowest BCUT2D eigenvalue weighted by atomic mass is 9.73. The maximum Gasteiger partial charge on any atom is 0.417 e. The average Bonchev–Trinajstić information content (AvgIpc) is 2.94. The topological polar surface area (TPSA) is 69.1 Å². The van der Waals surface area contributed by atoms with Crippen LogP contribution in [0.25, 0.3) is 10.9 Å². The molecule has 150 valence electrons. The second-order valence-electron chi connectivity index (χ2n) is 7.69. The number of nitrogens with one attached hydrogen (secondary N) is 1. The third kappa shape index (κ3) is 3.82. The highest BCUT2D eigenvalue weighted by molar-refractivity contribution is 5.79. The number of rotatable bonds is 5. The fraction of sp³-hybridized carbons (Fsp3) is 0.350. The number of hydrogen-bond donors (Lipinski definition) is 3. The lowest BCUT2D eigenvalue weighted by Gasteiger charge is -2.38. The standard InChI is InChI=1S/C20H20F4N2O2/c1-18(2,15-4-3-13(21)8-17(15)27)11-19(28,20(22,23)24)9-14-7-12-5-6-25-10-16(12)26-14/h3-8,10,26-28H,9,11H2,1-2H3. The van der Waals surface area contributed by atoms with Crippen LogP contribution in [0.5, 0.6) is 5.75 Å². The Morgan fingerprint density at radius 1 is 1.11 bits per heavy atom. The Morgan fingerprint density at radius 2 is 1.82 bits per heavy atom. The number of benzene rings is 1. The summed E-state index contributed by atoms with van der Waals surface area (Å²) in [6, 6.07) is 6.33. The van der Waals surface area contributed by atoms with Crippen molar-refractivity contribution in [3.8, 4) is 5.75 Å². The largest absolute Gasteiger partial charge is 0.508 e. The van der Waals surface area contributed by atoms with E-state index in [9.17, 15) is 27.8 Å². The molecule has 0 radical (unpaired) electrons. The molecule has 3 N–H and O–H groups in total. The van der Waals surface area contributed by atoms with E-state index in [0.29, 0.717) is 10.9 Å².